The number of carbonyl (C=O) groups excluding carboxylic acids is 3. The van der Waals surface area contributed by atoms with Crippen molar-refractivity contribution in [3.05, 3.63) is 83.4 Å². The van der Waals surface area contributed by atoms with Crippen LogP contribution < -0.4 is 16.0 Å². The highest BCUT2D eigenvalue weighted by atomic mass is 35.5. The van der Waals surface area contributed by atoms with Crippen molar-refractivity contribution >= 4 is 58.1 Å². The van der Waals surface area contributed by atoms with Crippen molar-refractivity contribution in [2.45, 2.75) is 24.0 Å². The molecule has 0 radical (unpaired) electrons. The molecule has 0 saturated heterocycles. The van der Waals surface area contributed by atoms with E-state index < -0.39 is 0 Å². The van der Waals surface area contributed by atoms with Gasteiger partial charge in [-0.1, -0.05) is 23.7 Å². The average molecular weight is 468 g/mol. The van der Waals surface area contributed by atoms with Crippen LogP contribution in [0.15, 0.2) is 77.7 Å². The molecule has 3 aromatic carbocycles. The van der Waals surface area contributed by atoms with Gasteiger partial charge in [0.2, 0.25) is 11.8 Å². The zero-order valence-electron chi connectivity index (χ0n) is 17.5. The van der Waals surface area contributed by atoms with Gasteiger partial charge in [0.25, 0.3) is 5.91 Å². The number of anilines is 3. The molecule has 0 saturated carbocycles. The Hall–Kier alpha value is -3.29. The van der Waals surface area contributed by atoms with E-state index in [0.717, 1.165) is 4.90 Å². The summed E-state index contributed by atoms with van der Waals surface area (Å²) < 4.78 is 0. The van der Waals surface area contributed by atoms with E-state index >= 15 is 0 Å². The number of benzene rings is 3. The molecule has 1 atom stereocenters. The van der Waals surface area contributed by atoms with Crippen molar-refractivity contribution in [3.8, 4) is 0 Å². The van der Waals surface area contributed by atoms with Crippen LogP contribution in [0.1, 0.15) is 24.2 Å². The lowest BCUT2D eigenvalue weighted by Crippen LogP contribution is -2.22. The number of hydrogen-bond acceptors (Lipinski definition) is 4. The second-order valence-electron chi connectivity index (χ2n) is 7.00. The Bertz CT molecular complexity index is 1140. The van der Waals surface area contributed by atoms with Crippen LogP contribution >= 0.6 is 23.4 Å². The van der Waals surface area contributed by atoms with Crippen LogP contribution in [-0.4, -0.2) is 23.0 Å². The highest BCUT2D eigenvalue weighted by Gasteiger charge is 2.15. The summed E-state index contributed by atoms with van der Waals surface area (Å²) in [5.41, 5.74) is 2.39. The summed E-state index contributed by atoms with van der Waals surface area (Å²) in [5.74, 6) is -0.573. The van der Waals surface area contributed by atoms with Gasteiger partial charge >= 0.3 is 0 Å². The molecule has 0 aliphatic carbocycles. The third-order valence-corrected chi connectivity index (χ3v) is 5.66. The van der Waals surface area contributed by atoms with Gasteiger partial charge in [0, 0.05) is 39.5 Å². The first-order valence-corrected chi connectivity index (χ1v) is 11.1. The maximum absolute atomic E-state index is 12.6. The fourth-order valence-electron chi connectivity index (χ4n) is 2.82. The van der Waals surface area contributed by atoms with Crippen LogP contribution in [0.25, 0.3) is 0 Å². The summed E-state index contributed by atoms with van der Waals surface area (Å²) in [4.78, 5) is 36.9. The van der Waals surface area contributed by atoms with E-state index in [1.807, 2.05) is 25.1 Å². The van der Waals surface area contributed by atoms with Crippen molar-refractivity contribution in [1.29, 1.82) is 0 Å². The zero-order chi connectivity index (χ0) is 23.1. The minimum absolute atomic E-state index is 0.155. The zero-order valence-corrected chi connectivity index (χ0v) is 19.1. The van der Waals surface area contributed by atoms with E-state index in [2.05, 4.69) is 16.0 Å². The van der Waals surface area contributed by atoms with Crippen LogP contribution in [0.4, 0.5) is 17.1 Å². The molecule has 3 N–H and O–H groups in total. The minimum Gasteiger partial charge on any atom is -0.326 e. The molecule has 32 heavy (non-hydrogen) atoms. The standard InChI is InChI=1S/C24H22ClN3O3S/c1-15(23(30)27-20-11-9-19(10-12-20)26-16(2)29)32-22-8-4-7-21(14-22)28-24(31)17-5-3-6-18(25)13-17/h3-15H,1-2H3,(H,26,29)(H,27,30)(H,28,31). The van der Waals surface area contributed by atoms with Crippen molar-refractivity contribution in [1.82, 2.24) is 0 Å². The molecule has 6 nitrogen and oxygen atoms in total. The van der Waals surface area contributed by atoms with E-state index in [9.17, 15) is 14.4 Å². The molecule has 1 unspecified atom stereocenters. The van der Waals surface area contributed by atoms with E-state index in [1.54, 1.807) is 54.6 Å². The quantitative estimate of drug-likeness (QED) is 0.391. The van der Waals surface area contributed by atoms with Gasteiger partial charge in [0.15, 0.2) is 0 Å². The van der Waals surface area contributed by atoms with E-state index in [-0.39, 0.29) is 23.0 Å². The number of amides is 3. The molecule has 164 valence electrons. The van der Waals surface area contributed by atoms with Gasteiger partial charge in [-0.05, 0) is 67.6 Å². The molecule has 3 rings (SSSR count). The number of hydrogen-bond donors (Lipinski definition) is 3. The van der Waals surface area contributed by atoms with Crippen LogP contribution in [-0.2, 0) is 9.59 Å². The maximum Gasteiger partial charge on any atom is 0.255 e. The fourth-order valence-corrected chi connectivity index (χ4v) is 3.94. The Morgan fingerprint density at radius 1 is 0.812 bits per heavy atom. The lowest BCUT2D eigenvalue weighted by Gasteiger charge is -2.13. The summed E-state index contributed by atoms with van der Waals surface area (Å²) in [7, 11) is 0. The van der Waals surface area contributed by atoms with E-state index in [0.29, 0.717) is 27.6 Å². The van der Waals surface area contributed by atoms with Crippen molar-refractivity contribution < 1.29 is 14.4 Å². The molecule has 8 heteroatoms. The van der Waals surface area contributed by atoms with Crippen molar-refractivity contribution in [2.75, 3.05) is 16.0 Å². The van der Waals surface area contributed by atoms with Crippen LogP contribution in [0, 0.1) is 0 Å². The molecule has 0 heterocycles. The third-order valence-electron chi connectivity index (χ3n) is 4.33. The molecule has 0 aliphatic rings. The number of carbonyl (C=O) groups is 3. The molecule has 0 spiro atoms. The van der Waals surface area contributed by atoms with Crippen LogP contribution in [0.5, 0.6) is 0 Å². The van der Waals surface area contributed by atoms with Crippen molar-refractivity contribution in [2.24, 2.45) is 0 Å². The van der Waals surface area contributed by atoms with Gasteiger partial charge < -0.3 is 16.0 Å². The number of rotatable bonds is 7. The first-order chi connectivity index (χ1) is 15.3. The van der Waals surface area contributed by atoms with Gasteiger partial charge in [0.05, 0.1) is 5.25 Å². The molecule has 0 aromatic heterocycles. The van der Waals surface area contributed by atoms with Gasteiger partial charge in [-0.15, -0.1) is 11.8 Å². The second-order valence-corrected chi connectivity index (χ2v) is 8.85. The summed E-state index contributed by atoms with van der Waals surface area (Å²) >= 11 is 7.33. The highest BCUT2D eigenvalue weighted by molar-refractivity contribution is 8.00. The summed E-state index contributed by atoms with van der Waals surface area (Å²) in [5, 5.41) is 8.51. The summed E-state index contributed by atoms with van der Waals surface area (Å²) in [6, 6.07) is 20.9. The predicted octanol–water partition coefficient (Wildman–Crippen LogP) is 5.67. The molecule has 0 fully saturated rings. The van der Waals surface area contributed by atoms with Gasteiger partial charge in [-0.3, -0.25) is 14.4 Å². The lowest BCUT2D eigenvalue weighted by atomic mass is 10.2. The topological polar surface area (TPSA) is 87.3 Å². The SMILES string of the molecule is CC(=O)Nc1ccc(NC(=O)C(C)Sc2cccc(NC(=O)c3cccc(Cl)c3)c2)cc1. The number of nitrogens with one attached hydrogen (secondary N) is 3. The van der Waals surface area contributed by atoms with E-state index in [1.165, 1.54) is 18.7 Å². The highest BCUT2D eigenvalue weighted by Crippen LogP contribution is 2.27. The smallest absolute Gasteiger partial charge is 0.255 e. The minimum atomic E-state index is -0.371. The van der Waals surface area contributed by atoms with Gasteiger partial charge in [-0.25, -0.2) is 0 Å². The lowest BCUT2D eigenvalue weighted by molar-refractivity contribution is -0.115. The third kappa shape index (κ3) is 6.87. The number of thioether (sulfide) groups is 1. The van der Waals surface area contributed by atoms with Crippen LogP contribution in [0.2, 0.25) is 5.02 Å². The molecular formula is C24H22ClN3O3S. The van der Waals surface area contributed by atoms with Gasteiger partial charge in [-0.2, -0.15) is 0 Å². The van der Waals surface area contributed by atoms with E-state index in [4.69, 9.17) is 11.6 Å². The Morgan fingerprint density at radius 2 is 1.47 bits per heavy atom. The summed E-state index contributed by atoms with van der Waals surface area (Å²) in [6.07, 6.45) is 0. The Balaban J connectivity index is 1.58. The first kappa shape index (κ1) is 23.4. The predicted molar refractivity (Wildman–Crippen MR) is 131 cm³/mol. The second kappa shape index (κ2) is 10.8. The first-order valence-electron chi connectivity index (χ1n) is 9.82. The monoisotopic (exact) mass is 467 g/mol. The molecule has 3 amide bonds. The van der Waals surface area contributed by atoms with Crippen molar-refractivity contribution in [3.63, 3.8) is 0 Å². The molecular weight excluding hydrogens is 446 g/mol. The summed E-state index contributed by atoms with van der Waals surface area (Å²) in [6.45, 7) is 3.25. The number of halogens is 1. The normalized spacial score (nSPS) is 11.3. The van der Waals surface area contributed by atoms with Gasteiger partial charge in [0.1, 0.15) is 0 Å². The largest absolute Gasteiger partial charge is 0.326 e. The van der Waals surface area contributed by atoms with Crippen LogP contribution in [0.3, 0.4) is 0 Å². The average Bonchev–Trinajstić information content (AvgIpc) is 2.75. The Kier molecular flexibility index (Phi) is 7.92. The molecule has 0 bridgehead atoms. The molecule has 3 aromatic rings. The Labute approximate surface area is 195 Å². The fraction of sp³-hybridized carbons (Fsp3) is 0.125. The maximum atomic E-state index is 12.6. The Morgan fingerprint density at radius 3 is 2.12 bits per heavy atom. The molecule has 0 aliphatic heterocycles.